The Morgan fingerprint density at radius 2 is 2.17 bits per heavy atom. The standard InChI is InChI=1S/C16H16ClN3O4/c1-3-24-14(22)12-7-16(19-18-12)8-13(21)20(15(16)23)10-5-4-9(2)11(17)6-10/h4-6,19H,3,7-8H2,1-2H3/t16-/m1/s1. The highest BCUT2D eigenvalue weighted by Gasteiger charge is 2.56. The van der Waals surface area contributed by atoms with Crippen LogP contribution in [0, 0.1) is 6.92 Å². The predicted molar refractivity (Wildman–Crippen MR) is 87.9 cm³/mol. The summed E-state index contributed by atoms with van der Waals surface area (Å²) >= 11 is 6.09. The van der Waals surface area contributed by atoms with Crippen molar-refractivity contribution in [3.63, 3.8) is 0 Å². The third-order valence-corrected chi connectivity index (χ3v) is 4.52. The molecule has 2 amide bonds. The van der Waals surface area contributed by atoms with Crippen molar-refractivity contribution in [2.75, 3.05) is 11.5 Å². The van der Waals surface area contributed by atoms with E-state index in [9.17, 15) is 14.4 Å². The number of amides is 2. The van der Waals surface area contributed by atoms with E-state index in [1.807, 2.05) is 6.92 Å². The van der Waals surface area contributed by atoms with Crippen LogP contribution in [0.5, 0.6) is 0 Å². The molecule has 1 aromatic carbocycles. The maximum Gasteiger partial charge on any atom is 0.354 e. The van der Waals surface area contributed by atoms with Gasteiger partial charge < -0.3 is 4.74 Å². The molecule has 1 fully saturated rings. The average molecular weight is 350 g/mol. The van der Waals surface area contributed by atoms with E-state index in [-0.39, 0.29) is 31.1 Å². The fourth-order valence-corrected chi connectivity index (χ4v) is 2.99. The third-order valence-electron chi connectivity index (χ3n) is 4.11. The number of ether oxygens (including phenoxy) is 1. The van der Waals surface area contributed by atoms with E-state index in [1.54, 1.807) is 25.1 Å². The second-order valence-electron chi connectivity index (χ2n) is 5.79. The Morgan fingerprint density at radius 1 is 1.42 bits per heavy atom. The molecule has 2 aliphatic heterocycles. The van der Waals surface area contributed by atoms with E-state index in [2.05, 4.69) is 10.5 Å². The molecule has 2 heterocycles. The first-order chi connectivity index (χ1) is 11.4. The number of anilines is 1. The van der Waals surface area contributed by atoms with Gasteiger partial charge in [0.25, 0.3) is 5.91 Å². The summed E-state index contributed by atoms with van der Waals surface area (Å²) in [4.78, 5) is 38.1. The SMILES string of the molecule is CCOC(=O)C1=NN[C@@]2(CC(=O)N(c3ccc(C)c(Cl)c3)C2=O)C1. The van der Waals surface area contributed by atoms with E-state index in [0.717, 1.165) is 10.5 Å². The van der Waals surface area contributed by atoms with Crippen LogP contribution in [0.3, 0.4) is 0 Å². The van der Waals surface area contributed by atoms with Crippen LogP contribution in [0.25, 0.3) is 0 Å². The van der Waals surface area contributed by atoms with Gasteiger partial charge in [-0.05, 0) is 31.5 Å². The molecule has 24 heavy (non-hydrogen) atoms. The van der Waals surface area contributed by atoms with Crippen molar-refractivity contribution in [3.05, 3.63) is 28.8 Å². The highest BCUT2D eigenvalue weighted by atomic mass is 35.5. The Morgan fingerprint density at radius 3 is 2.83 bits per heavy atom. The van der Waals surface area contributed by atoms with Crippen LogP contribution in [0.15, 0.2) is 23.3 Å². The largest absolute Gasteiger partial charge is 0.461 e. The van der Waals surface area contributed by atoms with Gasteiger partial charge in [0, 0.05) is 11.4 Å². The summed E-state index contributed by atoms with van der Waals surface area (Å²) in [7, 11) is 0. The zero-order valence-electron chi connectivity index (χ0n) is 13.3. The Kier molecular flexibility index (Phi) is 4.04. The number of benzene rings is 1. The second-order valence-corrected chi connectivity index (χ2v) is 6.20. The summed E-state index contributed by atoms with van der Waals surface area (Å²) in [6.07, 6.45) is -0.0593. The summed E-state index contributed by atoms with van der Waals surface area (Å²) in [5.74, 6) is -1.40. The maximum absolute atomic E-state index is 12.8. The summed E-state index contributed by atoms with van der Waals surface area (Å²) in [5.41, 5.74) is 2.81. The van der Waals surface area contributed by atoms with Gasteiger partial charge in [0.1, 0.15) is 11.3 Å². The lowest BCUT2D eigenvalue weighted by Gasteiger charge is -2.21. The van der Waals surface area contributed by atoms with Crippen molar-refractivity contribution in [1.82, 2.24) is 5.43 Å². The topological polar surface area (TPSA) is 88.1 Å². The molecule has 2 aliphatic rings. The van der Waals surface area contributed by atoms with Gasteiger partial charge in [0.15, 0.2) is 0 Å². The lowest BCUT2D eigenvalue weighted by atomic mass is 9.93. The Hall–Kier alpha value is -2.41. The summed E-state index contributed by atoms with van der Waals surface area (Å²) < 4.78 is 4.89. The van der Waals surface area contributed by atoms with Crippen molar-refractivity contribution in [1.29, 1.82) is 0 Å². The second kappa shape index (κ2) is 5.90. The van der Waals surface area contributed by atoms with Crippen molar-refractivity contribution < 1.29 is 19.1 Å². The van der Waals surface area contributed by atoms with Gasteiger partial charge in [-0.3, -0.25) is 15.0 Å². The number of imide groups is 1. The first-order valence-electron chi connectivity index (χ1n) is 7.52. The number of nitrogens with one attached hydrogen (secondary N) is 1. The van der Waals surface area contributed by atoms with Crippen LogP contribution in [0.2, 0.25) is 5.02 Å². The molecule has 0 unspecified atom stereocenters. The van der Waals surface area contributed by atoms with Gasteiger partial charge in [-0.15, -0.1) is 0 Å². The van der Waals surface area contributed by atoms with Gasteiger partial charge in [-0.2, -0.15) is 5.10 Å². The lowest BCUT2D eigenvalue weighted by molar-refractivity contribution is -0.135. The van der Waals surface area contributed by atoms with Crippen LogP contribution >= 0.6 is 11.6 Å². The predicted octanol–water partition coefficient (Wildman–Crippen LogP) is 1.56. The smallest absolute Gasteiger partial charge is 0.354 e. The molecule has 3 rings (SSSR count). The van der Waals surface area contributed by atoms with Crippen molar-refractivity contribution in [3.8, 4) is 0 Å². The minimum Gasteiger partial charge on any atom is -0.461 e. The molecule has 1 atom stereocenters. The number of rotatable bonds is 3. The summed E-state index contributed by atoms with van der Waals surface area (Å²) in [5, 5.41) is 4.37. The fraction of sp³-hybridized carbons (Fsp3) is 0.375. The fourth-order valence-electron chi connectivity index (χ4n) is 2.82. The molecular formula is C16H16ClN3O4. The number of hydrogen-bond acceptors (Lipinski definition) is 6. The number of carbonyl (C=O) groups is 3. The number of carbonyl (C=O) groups excluding carboxylic acids is 3. The van der Waals surface area contributed by atoms with E-state index >= 15 is 0 Å². The minimum absolute atomic E-state index is 0.0203. The third kappa shape index (κ3) is 2.54. The van der Waals surface area contributed by atoms with Crippen LogP contribution in [0.1, 0.15) is 25.3 Å². The molecule has 0 radical (unpaired) electrons. The molecule has 8 heteroatoms. The van der Waals surface area contributed by atoms with E-state index in [0.29, 0.717) is 10.7 Å². The highest BCUT2D eigenvalue weighted by Crippen LogP contribution is 2.35. The molecule has 1 N–H and O–H groups in total. The lowest BCUT2D eigenvalue weighted by Crippen LogP contribution is -2.47. The molecule has 7 nitrogen and oxygen atoms in total. The van der Waals surface area contributed by atoms with Crippen LogP contribution < -0.4 is 10.3 Å². The molecule has 0 bridgehead atoms. The molecule has 0 saturated carbocycles. The van der Waals surface area contributed by atoms with Gasteiger partial charge in [-0.1, -0.05) is 17.7 Å². The molecule has 0 aliphatic carbocycles. The number of halogens is 1. The van der Waals surface area contributed by atoms with Crippen LogP contribution in [0.4, 0.5) is 5.69 Å². The van der Waals surface area contributed by atoms with Crippen LogP contribution in [-0.2, 0) is 19.1 Å². The highest BCUT2D eigenvalue weighted by molar-refractivity contribution is 6.39. The van der Waals surface area contributed by atoms with E-state index < -0.39 is 17.4 Å². The van der Waals surface area contributed by atoms with Gasteiger partial charge in [-0.25, -0.2) is 9.69 Å². The summed E-state index contributed by atoms with van der Waals surface area (Å²) in [6, 6.07) is 4.98. The molecule has 1 aromatic rings. The molecule has 126 valence electrons. The number of aryl methyl sites for hydroxylation is 1. The number of esters is 1. The van der Waals surface area contributed by atoms with Gasteiger partial charge in [0.05, 0.1) is 18.7 Å². The molecule has 0 aromatic heterocycles. The minimum atomic E-state index is -1.23. The van der Waals surface area contributed by atoms with Crippen molar-refractivity contribution in [2.24, 2.45) is 5.10 Å². The zero-order chi connectivity index (χ0) is 17.5. The Labute approximate surface area is 143 Å². The van der Waals surface area contributed by atoms with Gasteiger partial charge >= 0.3 is 5.97 Å². The zero-order valence-corrected chi connectivity index (χ0v) is 14.0. The summed E-state index contributed by atoms with van der Waals surface area (Å²) in [6.45, 7) is 3.73. The number of hydrazone groups is 1. The normalized spacial score (nSPS) is 22.8. The average Bonchev–Trinajstić information content (AvgIpc) is 3.06. The Bertz CT molecular complexity index is 777. The number of nitrogens with zero attached hydrogens (tertiary/aromatic N) is 2. The first kappa shape index (κ1) is 16.4. The van der Waals surface area contributed by atoms with E-state index in [4.69, 9.17) is 16.3 Å². The van der Waals surface area contributed by atoms with Crippen molar-refractivity contribution >= 4 is 40.8 Å². The van der Waals surface area contributed by atoms with Crippen LogP contribution in [-0.4, -0.2) is 35.6 Å². The van der Waals surface area contributed by atoms with Crippen molar-refractivity contribution in [2.45, 2.75) is 32.2 Å². The quantitative estimate of drug-likeness (QED) is 0.661. The number of hydrogen-bond donors (Lipinski definition) is 1. The molecular weight excluding hydrogens is 334 g/mol. The van der Waals surface area contributed by atoms with E-state index in [1.165, 1.54) is 0 Å². The molecule has 1 saturated heterocycles. The first-order valence-corrected chi connectivity index (χ1v) is 7.90. The monoisotopic (exact) mass is 349 g/mol. The Balaban J connectivity index is 1.85. The maximum atomic E-state index is 12.8. The molecule has 1 spiro atoms. The van der Waals surface area contributed by atoms with Gasteiger partial charge in [0.2, 0.25) is 5.91 Å².